The number of nitrogens with two attached hydrogens (primary N) is 1. The molecule has 23 heavy (non-hydrogen) atoms. The molecule has 0 spiro atoms. The molecular formula is C14H15N3O4S2. The number of aromatic nitrogens is 1. The molecule has 1 fully saturated rings. The van der Waals surface area contributed by atoms with E-state index in [0.29, 0.717) is 5.75 Å². The van der Waals surface area contributed by atoms with E-state index in [4.69, 9.17) is 10.5 Å². The van der Waals surface area contributed by atoms with E-state index < -0.39 is 28.1 Å². The fourth-order valence-electron chi connectivity index (χ4n) is 2.51. The van der Waals surface area contributed by atoms with Crippen molar-refractivity contribution < 1.29 is 17.9 Å². The van der Waals surface area contributed by atoms with Crippen LogP contribution in [0.1, 0.15) is 6.42 Å². The molecule has 0 unspecified atom stereocenters. The number of ether oxygens (including phenoxy) is 1. The lowest BCUT2D eigenvalue weighted by Gasteiger charge is -2.20. The maximum Gasteiger partial charge on any atom is 0.253 e. The molecule has 0 radical (unpaired) electrons. The van der Waals surface area contributed by atoms with Gasteiger partial charge in [0, 0.05) is 12.6 Å². The third-order valence-electron chi connectivity index (χ3n) is 3.54. The van der Waals surface area contributed by atoms with E-state index in [1.165, 1.54) is 12.3 Å². The van der Waals surface area contributed by atoms with Crippen molar-refractivity contribution in [2.45, 2.75) is 22.8 Å². The first-order chi connectivity index (χ1) is 11.0. The highest BCUT2D eigenvalue weighted by Gasteiger charge is 2.44. The predicted molar refractivity (Wildman–Crippen MR) is 84.5 cm³/mol. The highest BCUT2D eigenvalue weighted by atomic mass is 32.2. The lowest BCUT2D eigenvalue weighted by Crippen LogP contribution is -2.43. The number of amides is 1. The van der Waals surface area contributed by atoms with Gasteiger partial charge in [-0.3, -0.25) is 9.78 Å². The number of hydrogen-bond donors (Lipinski definition) is 1. The molecule has 1 aliphatic heterocycles. The lowest BCUT2D eigenvalue weighted by molar-refractivity contribution is -0.121. The summed E-state index contributed by atoms with van der Waals surface area (Å²) in [6.45, 7) is 0.0722. The Morgan fingerprint density at radius 1 is 1.39 bits per heavy atom. The molecule has 0 saturated carbocycles. The van der Waals surface area contributed by atoms with Gasteiger partial charge in [0.2, 0.25) is 5.91 Å². The number of nitrogens with zero attached hydrogens (tertiary/aromatic N) is 2. The molecule has 3 rings (SSSR count). The van der Waals surface area contributed by atoms with Gasteiger partial charge in [0.25, 0.3) is 10.0 Å². The summed E-state index contributed by atoms with van der Waals surface area (Å²) in [7, 11) is -3.76. The number of rotatable bonds is 5. The van der Waals surface area contributed by atoms with Gasteiger partial charge in [-0.1, -0.05) is 6.07 Å². The van der Waals surface area contributed by atoms with Gasteiger partial charge in [0.05, 0.1) is 12.7 Å². The van der Waals surface area contributed by atoms with Crippen LogP contribution < -0.4 is 10.5 Å². The summed E-state index contributed by atoms with van der Waals surface area (Å²) in [5, 5.41) is 1.67. The van der Waals surface area contributed by atoms with Gasteiger partial charge in [-0.05, 0) is 23.6 Å². The Kier molecular flexibility index (Phi) is 4.33. The quantitative estimate of drug-likeness (QED) is 0.858. The van der Waals surface area contributed by atoms with E-state index in [9.17, 15) is 13.2 Å². The second-order valence-corrected chi connectivity index (χ2v) is 8.15. The molecule has 122 valence electrons. The average Bonchev–Trinajstić information content (AvgIpc) is 3.18. The minimum atomic E-state index is -3.76. The van der Waals surface area contributed by atoms with E-state index in [2.05, 4.69) is 4.98 Å². The van der Waals surface area contributed by atoms with Crippen molar-refractivity contribution in [1.82, 2.24) is 9.29 Å². The van der Waals surface area contributed by atoms with E-state index in [1.807, 2.05) is 0 Å². The van der Waals surface area contributed by atoms with E-state index in [-0.39, 0.29) is 17.2 Å². The van der Waals surface area contributed by atoms with Crippen molar-refractivity contribution in [3.63, 3.8) is 0 Å². The summed E-state index contributed by atoms with van der Waals surface area (Å²) in [4.78, 5) is 15.6. The third-order valence-corrected chi connectivity index (χ3v) is 6.79. The number of primary amides is 1. The van der Waals surface area contributed by atoms with E-state index in [1.54, 1.807) is 29.8 Å². The summed E-state index contributed by atoms with van der Waals surface area (Å²) < 4.78 is 32.4. The number of sulfonamides is 1. The van der Waals surface area contributed by atoms with Crippen LogP contribution in [0, 0.1) is 0 Å². The van der Waals surface area contributed by atoms with Crippen LogP contribution in [0.2, 0.25) is 0 Å². The molecule has 3 heterocycles. The predicted octanol–water partition coefficient (Wildman–Crippen LogP) is 0.839. The van der Waals surface area contributed by atoms with Crippen LogP contribution in [0.25, 0.3) is 0 Å². The largest absolute Gasteiger partial charge is 0.487 e. The molecule has 9 heteroatoms. The molecule has 1 amide bonds. The van der Waals surface area contributed by atoms with Gasteiger partial charge < -0.3 is 10.5 Å². The van der Waals surface area contributed by atoms with Crippen molar-refractivity contribution >= 4 is 27.3 Å². The topological polar surface area (TPSA) is 103 Å². The molecule has 2 atom stereocenters. The Bertz CT molecular complexity index is 778. The zero-order valence-corrected chi connectivity index (χ0v) is 13.7. The Morgan fingerprint density at radius 3 is 2.83 bits per heavy atom. The van der Waals surface area contributed by atoms with Crippen LogP contribution in [0.15, 0.2) is 46.2 Å². The van der Waals surface area contributed by atoms with Crippen LogP contribution in [-0.2, 0) is 14.8 Å². The standard InChI is InChI=1S/C14H15N3O4S2/c15-14(18)12-7-11(21-10-3-1-5-16-8-10)9-17(12)23(19,20)13-4-2-6-22-13/h1-6,8,11-12H,7,9H2,(H2,15,18)/t11-,12-/m0/s1. The van der Waals surface area contributed by atoms with Crippen molar-refractivity contribution in [3.8, 4) is 5.75 Å². The van der Waals surface area contributed by atoms with E-state index >= 15 is 0 Å². The van der Waals surface area contributed by atoms with Crippen LogP contribution in [-0.4, -0.2) is 42.3 Å². The van der Waals surface area contributed by atoms with Gasteiger partial charge in [0.15, 0.2) is 0 Å². The molecule has 7 nitrogen and oxygen atoms in total. The molecule has 0 bridgehead atoms. The zero-order chi connectivity index (χ0) is 16.4. The fourth-order valence-corrected chi connectivity index (χ4v) is 5.27. The molecule has 2 aromatic heterocycles. The summed E-state index contributed by atoms with van der Waals surface area (Å²) in [5.41, 5.74) is 5.38. The van der Waals surface area contributed by atoms with Crippen LogP contribution in [0.5, 0.6) is 5.75 Å². The maximum absolute atomic E-state index is 12.7. The highest BCUT2D eigenvalue weighted by molar-refractivity contribution is 7.91. The molecule has 1 aliphatic rings. The fraction of sp³-hybridized carbons (Fsp3) is 0.286. The maximum atomic E-state index is 12.7. The highest BCUT2D eigenvalue weighted by Crippen LogP contribution is 2.30. The molecule has 0 aliphatic carbocycles. The molecule has 2 aromatic rings. The number of hydrogen-bond acceptors (Lipinski definition) is 6. The number of pyridine rings is 1. The van der Waals surface area contributed by atoms with Crippen molar-refractivity contribution in [2.75, 3.05) is 6.54 Å². The summed E-state index contributed by atoms with van der Waals surface area (Å²) in [5.74, 6) is -0.154. The first-order valence-corrected chi connectivity index (χ1v) is 9.22. The second-order valence-electron chi connectivity index (χ2n) is 5.09. The first-order valence-electron chi connectivity index (χ1n) is 6.90. The minimum Gasteiger partial charge on any atom is -0.487 e. The Labute approximate surface area is 137 Å². The monoisotopic (exact) mass is 353 g/mol. The molecule has 2 N–H and O–H groups in total. The van der Waals surface area contributed by atoms with E-state index in [0.717, 1.165) is 15.6 Å². The van der Waals surface area contributed by atoms with Crippen LogP contribution in [0.3, 0.4) is 0 Å². The number of carbonyl (C=O) groups excluding carboxylic acids is 1. The smallest absolute Gasteiger partial charge is 0.253 e. The molecule has 0 aromatic carbocycles. The van der Waals surface area contributed by atoms with Gasteiger partial charge in [0.1, 0.15) is 22.1 Å². The van der Waals surface area contributed by atoms with Crippen LogP contribution >= 0.6 is 11.3 Å². The lowest BCUT2D eigenvalue weighted by atomic mass is 10.2. The normalized spacial score (nSPS) is 22.1. The summed E-state index contributed by atoms with van der Waals surface area (Å²) >= 11 is 1.10. The second kappa shape index (κ2) is 6.26. The SMILES string of the molecule is NC(=O)[C@@H]1C[C@H](Oc2cccnc2)CN1S(=O)(=O)c1cccs1. The van der Waals surface area contributed by atoms with Gasteiger partial charge in [-0.15, -0.1) is 11.3 Å². The summed E-state index contributed by atoms with van der Waals surface area (Å²) in [6.07, 6.45) is 2.91. The van der Waals surface area contributed by atoms with Gasteiger partial charge >= 0.3 is 0 Å². The average molecular weight is 353 g/mol. The van der Waals surface area contributed by atoms with Gasteiger partial charge in [-0.25, -0.2) is 8.42 Å². The minimum absolute atomic E-state index is 0.0722. The Hall–Kier alpha value is -1.97. The van der Waals surface area contributed by atoms with Gasteiger partial charge in [-0.2, -0.15) is 4.31 Å². The third kappa shape index (κ3) is 3.21. The number of carbonyl (C=O) groups is 1. The molecule has 1 saturated heterocycles. The van der Waals surface area contributed by atoms with Crippen molar-refractivity contribution in [3.05, 3.63) is 42.0 Å². The first kappa shape index (κ1) is 15.9. The summed E-state index contributed by atoms with van der Waals surface area (Å²) in [6, 6.07) is 5.69. The van der Waals surface area contributed by atoms with Crippen molar-refractivity contribution in [2.24, 2.45) is 5.73 Å². The van der Waals surface area contributed by atoms with Crippen molar-refractivity contribution in [1.29, 1.82) is 0 Å². The Balaban J connectivity index is 1.83. The van der Waals surface area contributed by atoms with Crippen LogP contribution in [0.4, 0.5) is 0 Å². The zero-order valence-electron chi connectivity index (χ0n) is 12.0. The Morgan fingerprint density at radius 2 is 2.22 bits per heavy atom. The number of thiophene rings is 1. The molecular weight excluding hydrogens is 338 g/mol.